The Labute approximate surface area is 713 Å². The van der Waals surface area contributed by atoms with Gasteiger partial charge < -0.3 is 37.5 Å². The minimum atomic E-state index is -0.717. The number of nitrogens with one attached hydrogen (secondary N) is 1. The number of aliphatic hydroxyl groups excluding tert-OH is 1. The number of urea groups is 5. The van der Waals surface area contributed by atoms with Gasteiger partial charge in [-0.1, -0.05) is 0 Å². The Bertz CT molecular complexity index is 5370. The first-order chi connectivity index (χ1) is 58.0. The molecule has 49 heteroatoms. The molecule has 0 spiro atoms. The fourth-order valence-electron chi connectivity index (χ4n) is 10.5. The van der Waals surface area contributed by atoms with Crippen LogP contribution in [-0.4, -0.2) is 212 Å². The number of aliphatic hydroxyl groups is 1. The van der Waals surface area contributed by atoms with Crippen LogP contribution in [-0.2, 0) is 24.0 Å². The van der Waals surface area contributed by atoms with Gasteiger partial charge in [-0.15, -0.1) is 23.2 Å². The number of carbonyl (C=O) groups is 10. The molecule has 46 nitrogen and oxygen atoms in total. The molecule has 5 fully saturated rings. The molecular weight excluding hydrogens is 1670 g/mol. The molecule has 15 amide bonds. The number of alkyl halides is 2. The first-order valence-electron chi connectivity index (χ1n) is 34.2. The second-order valence-electron chi connectivity index (χ2n) is 24.4. The van der Waals surface area contributed by atoms with Crippen molar-refractivity contribution in [2.75, 3.05) is 51.5 Å². The molecule has 0 radical (unpaired) electrons. The summed E-state index contributed by atoms with van der Waals surface area (Å²) in [5.41, 5.74) is 3.22. The van der Waals surface area contributed by atoms with Crippen molar-refractivity contribution in [3.8, 4) is 56.6 Å². The predicted octanol–water partition coefficient (Wildman–Crippen LogP) is 7.97. The molecule has 0 aliphatic carbocycles. The molecular formula is C73H53Cl2N20NaO26. The minimum absolute atomic E-state index is 0. The van der Waals surface area contributed by atoms with Gasteiger partial charge in [-0.3, -0.25) is 89.8 Å². The summed E-state index contributed by atoms with van der Waals surface area (Å²) in [6.45, 7) is -1.65. The van der Waals surface area contributed by atoms with Crippen LogP contribution in [0.4, 0.5) is 52.4 Å². The van der Waals surface area contributed by atoms with Crippen LogP contribution in [0, 0.1) is 50.6 Å². The van der Waals surface area contributed by atoms with E-state index in [0.717, 1.165) is 34.8 Å². The molecule has 0 bridgehead atoms. The van der Waals surface area contributed by atoms with Crippen LogP contribution in [0.25, 0.3) is 61.9 Å². The third-order valence-electron chi connectivity index (χ3n) is 16.6. The van der Waals surface area contributed by atoms with Gasteiger partial charge in [0.2, 0.25) is 5.91 Å². The number of carbonyl (C=O) groups excluding carboxylic acids is 10. The summed E-state index contributed by atoms with van der Waals surface area (Å²) in [6, 6.07) is 42.2. The number of furan rings is 5. The molecule has 10 aromatic rings. The third-order valence-corrected chi connectivity index (χ3v) is 17.0. The summed E-state index contributed by atoms with van der Waals surface area (Å²) in [5, 5.41) is 91.6. The fraction of sp³-hybridized carbons (Fsp3) is 0.110. The Morgan fingerprint density at radius 3 is 0.803 bits per heavy atom. The van der Waals surface area contributed by atoms with Gasteiger partial charge in [0, 0.05) is 95.0 Å². The summed E-state index contributed by atoms with van der Waals surface area (Å²) in [4.78, 5) is 168. The normalized spacial score (nSPS) is 14.5. The van der Waals surface area contributed by atoms with Gasteiger partial charge in [-0.2, -0.15) is 20.4 Å². The first-order valence-corrected chi connectivity index (χ1v) is 35.3. The van der Waals surface area contributed by atoms with E-state index in [4.69, 9.17) is 50.4 Å². The van der Waals surface area contributed by atoms with Crippen molar-refractivity contribution in [1.82, 2.24) is 45.1 Å². The predicted molar refractivity (Wildman–Crippen MR) is 418 cm³/mol. The molecule has 5 aromatic carbocycles. The molecule has 0 saturated carbocycles. The van der Waals surface area contributed by atoms with E-state index in [1.165, 1.54) is 91.7 Å². The molecule has 0 unspecified atom stereocenters. The van der Waals surface area contributed by atoms with E-state index >= 15 is 0 Å². The Balaban J connectivity index is 0.000000160. The van der Waals surface area contributed by atoms with Gasteiger partial charge in [-0.25, -0.2) is 53.9 Å². The van der Waals surface area contributed by atoms with Crippen LogP contribution in [0.3, 0.4) is 0 Å². The minimum Gasteiger partial charge on any atom is -0.455 e. The summed E-state index contributed by atoms with van der Waals surface area (Å²) >= 11 is 11.1. The molecule has 5 saturated heterocycles. The molecule has 616 valence electrons. The van der Waals surface area contributed by atoms with E-state index < -0.39 is 91.0 Å². The molecule has 10 heterocycles. The number of benzene rings is 5. The number of rotatable bonds is 23. The number of non-ortho nitro benzene ring substituents is 5. The Kier molecular flexibility index (Phi) is 29.2. The maximum absolute atomic E-state index is 11.8. The molecule has 5 aliphatic heterocycles. The van der Waals surface area contributed by atoms with E-state index in [-0.39, 0.29) is 103 Å². The number of hydrogen-bond acceptors (Lipinski definition) is 31. The van der Waals surface area contributed by atoms with Crippen molar-refractivity contribution in [1.29, 1.82) is 0 Å². The topological polar surface area (TPSA) is 586 Å². The summed E-state index contributed by atoms with van der Waals surface area (Å²) in [6.07, 6.45) is 6.48. The number of hydrazone groups is 5. The largest absolute Gasteiger partial charge is 1.00 e. The SMILES string of the molecule is O=C1CN(/N=C/c2ccc(-c3ccc([N+](=O)[O-])cc3)o2)C(=O)N1.O=C1CN(/N=C/c2ccc(-c3ccc([N+](=O)[O-])cc3)o2)C(=O)N1CCl.O=C1CN(/N=C/c2ccc(-c3ccc([N+](=O)[O-])cc3)o2)C(=O)N1CCl.O=C1CN(/N=C/c2ccc(-c3ccc([N+](=O)[O-])cc3)o2)C(=O)N1CO.O=C1CN(/N=C/c2ccc(-c3ccc([N+](=O)[O-])cc3)o2)C(=O)[N-]1.[Na+]. The van der Waals surface area contributed by atoms with Gasteiger partial charge in [0.1, 0.15) is 103 Å². The number of halogens is 2. The Hall–Kier alpha value is -15.9. The second kappa shape index (κ2) is 40.3. The van der Waals surface area contributed by atoms with Crippen molar-refractivity contribution in [2.45, 2.75) is 0 Å². The number of nitro groups is 5. The van der Waals surface area contributed by atoms with Gasteiger partial charge in [0.25, 0.3) is 46.2 Å². The van der Waals surface area contributed by atoms with Gasteiger partial charge in [-0.05, 0) is 121 Å². The number of nitro benzene ring substituents is 5. The van der Waals surface area contributed by atoms with Crippen molar-refractivity contribution in [3.63, 3.8) is 0 Å². The summed E-state index contributed by atoms with van der Waals surface area (Å²) in [7, 11) is 0. The van der Waals surface area contributed by atoms with Crippen molar-refractivity contribution < 1.29 is 129 Å². The van der Waals surface area contributed by atoms with Crippen LogP contribution >= 0.6 is 23.2 Å². The number of amides is 15. The Morgan fingerprint density at radius 1 is 0.352 bits per heavy atom. The number of hydrogen-bond donors (Lipinski definition) is 2. The zero-order chi connectivity index (χ0) is 86.7. The zero-order valence-corrected chi connectivity index (χ0v) is 65.8. The van der Waals surface area contributed by atoms with E-state index in [1.54, 1.807) is 121 Å². The summed E-state index contributed by atoms with van der Waals surface area (Å²) < 4.78 is 27.7. The zero-order valence-electron chi connectivity index (χ0n) is 62.3. The van der Waals surface area contributed by atoms with E-state index in [0.29, 0.717) is 90.3 Å². The van der Waals surface area contributed by atoms with Gasteiger partial charge in [0.05, 0.1) is 55.7 Å². The van der Waals surface area contributed by atoms with Crippen LogP contribution < -0.4 is 34.9 Å². The Morgan fingerprint density at radius 2 is 0.598 bits per heavy atom. The van der Waals surface area contributed by atoms with Crippen molar-refractivity contribution >= 4 is 142 Å². The molecule has 5 aliphatic rings. The average molecular weight is 1720 g/mol. The van der Waals surface area contributed by atoms with Crippen molar-refractivity contribution in [3.05, 3.63) is 267 Å². The molecule has 5 aromatic heterocycles. The molecule has 15 rings (SSSR count). The standard InChI is InChI=1S/2C15H11ClN4O5.C15H12N4O6.2C14H10N4O5.Na/c2*16-9-18-14(21)8-19(15(18)22)17-7-12-5-6-13(25-12)10-1-3-11(4-2-10)20(23)24;20-9-17-14(21)8-18(15(17)22)16-7-12-5-6-13(25-12)10-1-3-11(4-2-10)19(23)24;2*19-13-8-17(14(20)16-13)15-7-11-5-6-12(23-11)9-1-3-10(4-2-9)18(21)22;/h2*1-7H,8-9H2;1-7,20H,8-9H2;2*1-7H,8H2,(H,16,19,20);/q;;;;;+1/p-1/b2*17-7+;16-7+;2*15-7+;. The first kappa shape index (κ1) is 88.5. The molecule has 2 N–H and O–H groups in total. The van der Waals surface area contributed by atoms with Crippen LogP contribution in [0.5, 0.6) is 0 Å². The van der Waals surface area contributed by atoms with E-state index in [1.807, 2.05) is 0 Å². The molecule has 122 heavy (non-hydrogen) atoms. The van der Waals surface area contributed by atoms with E-state index in [2.05, 4.69) is 36.1 Å². The maximum atomic E-state index is 11.8. The van der Waals surface area contributed by atoms with Crippen LogP contribution in [0.1, 0.15) is 28.8 Å². The maximum Gasteiger partial charge on any atom is 1.00 e. The van der Waals surface area contributed by atoms with Gasteiger partial charge in [0.15, 0.2) is 11.9 Å². The second-order valence-corrected chi connectivity index (χ2v) is 24.9. The number of imide groups is 5. The third kappa shape index (κ3) is 22.4. The number of nitrogens with zero attached hydrogens (tertiary/aromatic N) is 19. The quantitative estimate of drug-likeness (QED) is 0.0116. The van der Waals surface area contributed by atoms with Crippen LogP contribution in [0.2, 0.25) is 0 Å². The van der Waals surface area contributed by atoms with Crippen LogP contribution in [0.15, 0.2) is 230 Å². The smallest absolute Gasteiger partial charge is 0.455 e. The van der Waals surface area contributed by atoms with Gasteiger partial charge >= 0.3 is 53.7 Å². The monoisotopic (exact) mass is 1720 g/mol. The van der Waals surface area contributed by atoms with E-state index in [9.17, 15) is 98.5 Å². The summed E-state index contributed by atoms with van der Waals surface area (Å²) in [5.74, 6) is 1.88. The molecule has 0 atom stereocenters. The fourth-order valence-corrected chi connectivity index (χ4v) is 11.0. The van der Waals surface area contributed by atoms with Crippen molar-refractivity contribution in [2.24, 2.45) is 25.5 Å². The average Bonchev–Trinajstić information content (AvgIpc) is 1.69.